The van der Waals surface area contributed by atoms with Gasteiger partial charge in [-0.3, -0.25) is 9.59 Å². The Morgan fingerprint density at radius 3 is 2.79 bits per heavy atom. The fourth-order valence-corrected chi connectivity index (χ4v) is 5.04. The molecular weight excluding hydrogens is 390 g/mol. The molecule has 0 bridgehead atoms. The van der Waals surface area contributed by atoms with Gasteiger partial charge < -0.3 is 10.2 Å². The number of hydrogen-bond donors (Lipinski definition) is 1. The Kier molecular flexibility index (Phi) is 5.54. The van der Waals surface area contributed by atoms with Gasteiger partial charge in [0.25, 0.3) is 0 Å². The number of carbonyl (C=O) groups excluding carboxylic acids is 2. The van der Waals surface area contributed by atoms with Crippen molar-refractivity contribution >= 4 is 40.2 Å². The second-order valence-electron chi connectivity index (χ2n) is 6.89. The van der Waals surface area contributed by atoms with Gasteiger partial charge >= 0.3 is 0 Å². The van der Waals surface area contributed by atoms with Crippen LogP contribution < -0.4 is 10.2 Å². The van der Waals surface area contributed by atoms with Crippen LogP contribution in [0.3, 0.4) is 0 Å². The number of nitrogens with zero attached hydrogens (tertiary/aromatic N) is 2. The summed E-state index contributed by atoms with van der Waals surface area (Å²) in [6, 6.07) is 11.6. The molecule has 1 aliphatic heterocycles. The molecular formula is C21H21N3O2S2. The Hall–Kier alpha value is -2.51. The predicted molar refractivity (Wildman–Crippen MR) is 113 cm³/mol. The van der Waals surface area contributed by atoms with Gasteiger partial charge in [-0.1, -0.05) is 23.8 Å². The third kappa shape index (κ3) is 3.86. The van der Waals surface area contributed by atoms with Gasteiger partial charge in [0.1, 0.15) is 0 Å². The average molecular weight is 412 g/mol. The summed E-state index contributed by atoms with van der Waals surface area (Å²) in [6.45, 7) is 2.54. The first-order valence-corrected chi connectivity index (χ1v) is 11.0. The zero-order chi connectivity index (χ0) is 19.5. The number of amides is 2. The minimum atomic E-state index is -0.400. The van der Waals surface area contributed by atoms with Crippen LogP contribution in [0.1, 0.15) is 28.6 Å². The molecule has 2 atom stereocenters. The fraction of sp³-hybridized carbons (Fsp3) is 0.286. The fourth-order valence-electron chi connectivity index (χ4n) is 3.57. The summed E-state index contributed by atoms with van der Waals surface area (Å²) < 4.78 is 0. The van der Waals surface area contributed by atoms with Crippen molar-refractivity contribution in [2.75, 3.05) is 11.4 Å². The molecule has 1 saturated heterocycles. The molecule has 0 aliphatic carbocycles. The molecule has 1 aliphatic rings. The highest BCUT2D eigenvalue weighted by atomic mass is 32.1. The predicted octanol–water partition coefficient (Wildman–Crippen LogP) is 3.97. The molecule has 144 valence electrons. The van der Waals surface area contributed by atoms with E-state index in [-0.39, 0.29) is 24.3 Å². The van der Waals surface area contributed by atoms with Crippen LogP contribution in [0.15, 0.2) is 52.7 Å². The molecule has 4 rings (SSSR count). The van der Waals surface area contributed by atoms with Crippen molar-refractivity contribution in [2.45, 2.75) is 25.8 Å². The number of hydrogen-bond acceptors (Lipinski definition) is 5. The number of anilines is 1. The Labute approximate surface area is 172 Å². The molecule has 5 nitrogen and oxygen atoms in total. The van der Waals surface area contributed by atoms with Gasteiger partial charge in [0, 0.05) is 35.3 Å². The third-order valence-electron chi connectivity index (χ3n) is 4.97. The van der Waals surface area contributed by atoms with Crippen molar-refractivity contribution in [1.82, 2.24) is 10.3 Å². The average Bonchev–Trinajstić information content (AvgIpc) is 3.43. The van der Waals surface area contributed by atoms with Crippen LogP contribution in [0.25, 0.3) is 0 Å². The number of carbonyl (C=O) groups is 2. The summed E-state index contributed by atoms with van der Waals surface area (Å²) in [5.74, 6) is -0.485. The van der Waals surface area contributed by atoms with Gasteiger partial charge in [-0.2, -0.15) is 0 Å². The van der Waals surface area contributed by atoms with Gasteiger partial charge in [0.15, 0.2) is 0 Å². The molecule has 28 heavy (non-hydrogen) atoms. The van der Waals surface area contributed by atoms with Crippen LogP contribution in [0, 0.1) is 12.8 Å². The Bertz CT molecular complexity index is 937. The van der Waals surface area contributed by atoms with Gasteiger partial charge in [-0.05, 0) is 30.5 Å². The maximum atomic E-state index is 13.0. The minimum absolute atomic E-state index is 0.0121. The highest BCUT2D eigenvalue weighted by Gasteiger charge is 2.45. The summed E-state index contributed by atoms with van der Waals surface area (Å²) in [4.78, 5) is 32.9. The highest BCUT2D eigenvalue weighted by molar-refractivity contribution is 7.10. The monoisotopic (exact) mass is 411 g/mol. The number of thiophene rings is 1. The Balaban J connectivity index is 1.55. The number of nitrogens with one attached hydrogen (secondary N) is 1. The number of rotatable bonds is 6. The van der Waals surface area contributed by atoms with E-state index in [1.807, 2.05) is 54.1 Å². The lowest BCUT2D eigenvalue weighted by atomic mass is 9.97. The molecule has 3 aromatic rings. The lowest BCUT2D eigenvalue weighted by Gasteiger charge is -2.27. The van der Waals surface area contributed by atoms with E-state index >= 15 is 0 Å². The lowest BCUT2D eigenvalue weighted by Crippen LogP contribution is -2.36. The van der Waals surface area contributed by atoms with E-state index in [2.05, 4.69) is 10.3 Å². The van der Waals surface area contributed by atoms with Crippen LogP contribution in [0.5, 0.6) is 0 Å². The van der Waals surface area contributed by atoms with Gasteiger partial charge in [0.2, 0.25) is 11.8 Å². The van der Waals surface area contributed by atoms with Crippen molar-refractivity contribution in [1.29, 1.82) is 0 Å². The van der Waals surface area contributed by atoms with Gasteiger partial charge in [-0.15, -0.1) is 22.7 Å². The molecule has 1 fully saturated rings. The summed E-state index contributed by atoms with van der Waals surface area (Å²) >= 11 is 3.13. The quantitative estimate of drug-likeness (QED) is 0.668. The first kappa shape index (κ1) is 18.8. The highest BCUT2D eigenvalue weighted by Crippen LogP contribution is 2.43. The van der Waals surface area contributed by atoms with E-state index in [0.29, 0.717) is 13.0 Å². The summed E-state index contributed by atoms with van der Waals surface area (Å²) in [6.07, 6.45) is 0.917. The summed E-state index contributed by atoms with van der Waals surface area (Å²) in [7, 11) is 0. The zero-order valence-electron chi connectivity index (χ0n) is 15.5. The Morgan fingerprint density at radius 1 is 1.29 bits per heavy atom. The molecule has 1 aromatic carbocycles. The second kappa shape index (κ2) is 8.24. The standard InChI is InChI=1S/C21H21N3O2S2/c1-14-4-6-16(7-5-14)24-19(25)11-17(20(24)18-3-2-10-28-18)21(26)22-9-8-15-12-27-13-23-15/h2-7,10,12-13,17,20H,8-9,11H2,1H3,(H,22,26). The molecule has 3 heterocycles. The largest absolute Gasteiger partial charge is 0.355 e. The van der Waals surface area contributed by atoms with E-state index in [4.69, 9.17) is 0 Å². The maximum absolute atomic E-state index is 13.0. The second-order valence-corrected chi connectivity index (χ2v) is 8.59. The molecule has 2 amide bonds. The molecule has 0 spiro atoms. The molecule has 0 radical (unpaired) electrons. The smallest absolute Gasteiger partial charge is 0.228 e. The number of benzene rings is 1. The van der Waals surface area contributed by atoms with Crippen molar-refractivity contribution in [3.63, 3.8) is 0 Å². The van der Waals surface area contributed by atoms with Crippen molar-refractivity contribution in [3.8, 4) is 0 Å². The summed E-state index contributed by atoms with van der Waals surface area (Å²) in [5.41, 5.74) is 4.74. The maximum Gasteiger partial charge on any atom is 0.228 e. The normalized spacial score (nSPS) is 19.2. The third-order valence-corrected chi connectivity index (χ3v) is 6.55. The van der Waals surface area contributed by atoms with Crippen LogP contribution in [0.2, 0.25) is 0 Å². The van der Waals surface area contributed by atoms with Crippen LogP contribution in [0.4, 0.5) is 5.69 Å². The van der Waals surface area contributed by atoms with E-state index < -0.39 is 5.92 Å². The molecule has 0 saturated carbocycles. The topological polar surface area (TPSA) is 62.3 Å². The van der Waals surface area contributed by atoms with Crippen molar-refractivity contribution in [2.24, 2.45) is 5.92 Å². The first-order valence-electron chi connectivity index (χ1n) is 9.20. The van der Waals surface area contributed by atoms with E-state index in [9.17, 15) is 9.59 Å². The summed E-state index contributed by atoms with van der Waals surface area (Å²) in [5, 5.41) is 6.98. The number of aryl methyl sites for hydroxylation is 1. The van der Waals surface area contributed by atoms with Gasteiger partial charge in [0.05, 0.1) is 23.2 Å². The zero-order valence-corrected chi connectivity index (χ0v) is 17.1. The van der Waals surface area contributed by atoms with E-state index in [1.54, 1.807) is 33.1 Å². The van der Waals surface area contributed by atoms with Crippen LogP contribution in [-0.4, -0.2) is 23.3 Å². The molecule has 1 N–H and O–H groups in total. The number of aromatic nitrogens is 1. The Morgan fingerprint density at radius 2 is 2.11 bits per heavy atom. The number of thiazole rings is 1. The molecule has 7 heteroatoms. The van der Waals surface area contributed by atoms with Gasteiger partial charge in [-0.25, -0.2) is 4.98 Å². The van der Waals surface area contributed by atoms with Crippen LogP contribution in [-0.2, 0) is 16.0 Å². The van der Waals surface area contributed by atoms with Crippen molar-refractivity contribution < 1.29 is 9.59 Å². The first-order chi connectivity index (χ1) is 13.6. The molecule has 2 unspecified atom stereocenters. The SMILES string of the molecule is Cc1ccc(N2C(=O)CC(C(=O)NCCc3cscn3)C2c2cccs2)cc1. The van der Waals surface area contributed by atoms with E-state index in [0.717, 1.165) is 21.8 Å². The minimum Gasteiger partial charge on any atom is -0.355 e. The molecule has 2 aromatic heterocycles. The van der Waals surface area contributed by atoms with Crippen LogP contribution >= 0.6 is 22.7 Å². The lowest BCUT2D eigenvalue weighted by molar-refractivity contribution is -0.126. The van der Waals surface area contributed by atoms with E-state index in [1.165, 1.54) is 0 Å². The van der Waals surface area contributed by atoms with Crippen molar-refractivity contribution in [3.05, 3.63) is 68.8 Å².